The molecule has 0 fully saturated rings. The van der Waals surface area contributed by atoms with Gasteiger partial charge in [-0.15, -0.1) is 0 Å². The number of aromatic nitrogens is 2. The molecule has 1 rings (SSSR count). The molecule has 0 saturated heterocycles. The van der Waals surface area contributed by atoms with Gasteiger partial charge in [-0.05, 0) is 6.92 Å². The normalized spacial score (nSPS) is 10.1. The number of carbonyl (C=O) groups is 1. The van der Waals surface area contributed by atoms with Gasteiger partial charge in [-0.3, -0.25) is 14.2 Å². The summed E-state index contributed by atoms with van der Waals surface area (Å²) < 4.78 is 1.21. The maximum absolute atomic E-state index is 11.2. The Morgan fingerprint density at radius 1 is 1.57 bits per heavy atom. The summed E-state index contributed by atoms with van der Waals surface area (Å²) in [5.41, 5.74) is -1.29. The molecule has 0 aromatic carbocycles. The average molecular weight is 219 g/mol. The van der Waals surface area contributed by atoms with Crippen molar-refractivity contribution in [3.8, 4) is 0 Å². The van der Waals surface area contributed by atoms with Crippen LogP contribution in [0.2, 0.25) is 0 Å². The van der Waals surface area contributed by atoms with Crippen LogP contribution in [-0.4, -0.2) is 19.7 Å². The largest absolute Gasteiger partial charge is 0.480 e. The van der Waals surface area contributed by atoms with E-state index in [2.05, 4.69) is 0 Å². The third-order valence-corrected chi connectivity index (χ3v) is 1.88. The Labute approximate surface area is 83.1 Å². The smallest absolute Gasteiger partial charge is 0.346 e. The highest BCUT2D eigenvalue weighted by atomic mass is 35.5. The number of hydrogen-bond acceptors (Lipinski definition) is 3. The second-order valence-electron chi connectivity index (χ2n) is 2.70. The topological polar surface area (TPSA) is 81.3 Å². The monoisotopic (exact) mass is 218 g/mol. The van der Waals surface area contributed by atoms with Crippen LogP contribution >= 0.6 is 11.8 Å². The van der Waals surface area contributed by atoms with Crippen LogP contribution in [0.25, 0.3) is 0 Å². The highest BCUT2D eigenvalue weighted by molar-refractivity contribution is 6.15. The Morgan fingerprint density at radius 2 is 2.14 bits per heavy atom. The first kappa shape index (κ1) is 10.5. The molecule has 1 heterocycles. The van der Waals surface area contributed by atoms with Gasteiger partial charge in [0.15, 0.2) is 0 Å². The fraction of sp³-hybridized carbons (Fsp3) is 0.286. The van der Waals surface area contributed by atoms with Crippen LogP contribution in [-0.2, 0) is 11.3 Å². The summed E-state index contributed by atoms with van der Waals surface area (Å²) in [6.07, 6.45) is 1.16. The molecule has 14 heavy (non-hydrogen) atoms. The lowest BCUT2D eigenvalue weighted by molar-refractivity contribution is -0.137. The van der Waals surface area contributed by atoms with Gasteiger partial charge in [0.2, 0.25) is 0 Å². The molecule has 1 N–H and O–H groups in total. The van der Waals surface area contributed by atoms with Gasteiger partial charge in [0.05, 0.1) is 0 Å². The minimum Gasteiger partial charge on any atom is -0.480 e. The molecular weight excluding hydrogens is 212 g/mol. The lowest BCUT2D eigenvalue weighted by Gasteiger charge is -2.03. The van der Waals surface area contributed by atoms with Gasteiger partial charge in [-0.1, -0.05) is 0 Å². The first-order chi connectivity index (χ1) is 6.43. The molecular formula is C7H7ClN2O4. The second-order valence-corrected chi connectivity index (χ2v) is 3.04. The van der Waals surface area contributed by atoms with Crippen LogP contribution in [0.15, 0.2) is 15.8 Å². The van der Waals surface area contributed by atoms with E-state index < -0.39 is 23.8 Å². The Balaban J connectivity index is 3.41. The summed E-state index contributed by atoms with van der Waals surface area (Å²) in [7, 11) is 0. The van der Waals surface area contributed by atoms with Crippen LogP contribution in [0.5, 0.6) is 0 Å². The molecule has 0 aliphatic rings. The summed E-state index contributed by atoms with van der Waals surface area (Å²) in [6.45, 7) is 0.922. The average Bonchev–Trinajstić information content (AvgIpc) is 2.10. The van der Waals surface area contributed by atoms with Crippen molar-refractivity contribution in [3.63, 3.8) is 0 Å². The van der Waals surface area contributed by atoms with Crippen LogP contribution < -0.4 is 11.2 Å². The van der Waals surface area contributed by atoms with Crippen LogP contribution in [0.4, 0.5) is 0 Å². The van der Waals surface area contributed by atoms with E-state index in [9.17, 15) is 14.4 Å². The van der Waals surface area contributed by atoms with Crippen LogP contribution in [0.1, 0.15) is 5.56 Å². The number of nitrogens with zero attached hydrogens (tertiary/aromatic N) is 2. The minimum atomic E-state index is -1.18. The third-order valence-electron chi connectivity index (χ3n) is 1.58. The molecule has 0 bridgehead atoms. The molecule has 0 spiro atoms. The van der Waals surface area contributed by atoms with Crippen molar-refractivity contribution in [1.82, 2.24) is 8.65 Å². The molecule has 7 heteroatoms. The van der Waals surface area contributed by atoms with Gasteiger partial charge < -0.3 is 5.11 Å². The predicted molar refractivity (Wildman–Crippen MR) is 48.6 cm³/mol. The van der Waals surface area contributed by atoms with Gasteiger partial charge in [-0.2, -0.15) is 4.09 Å². The summed E-state index contributed by atoms with van der Waals surface area (Å²) in [5, 5.41) is 8.45. The zero-order valence-electron chi connectivity index (χ0n) is 7.23. The third kappa shape index (κ3) is 1.85. The predicted octanol–water partition coefficient (Wildman–Crippen LogP) is -0.595. The molecule has 0 aliphatic carbocycles. The number of halogens is 1. The minimum absolute atomic E-state index is 0.209. The van der Waals surface area contributed by atoms with E-state index in [4.69, 9.17) is 16.9 Å². The van der Waals surface area contributed by atoms with E-state index in [0.29, 0.717) is 4.09 Å². The van der Waals surface area contributed by atoms with Gasteiger partial charge in [0.25, 0.3) is 5.56 Å². The molecule has 0 saturated carbocycles. The summed E-state index contributed by atoms with van der Waals surface area (Å²) in [5.74, 6) is -1.18. The van der Waals surface area contributed by atoms with Gasteiger partial charge in [0.1, 0.15) is 6.54 Å². The number of carboxylic acids is 1. The van der Waals surface area contributed by atoms with E-state index >= 15 is 0 Å². The van der Waals surface area contributed by atoms with Gasteiger partial charge >= 0.3 is 11.7 Å². The van der Waals surface area contributed by atoms with E-state index in [1.807, 2.05) is 0 Å². The Bertz CT molecular complexity index is 487. The van der Waals surface area contributed by atoms with Crippen molar-refractivity contribution in [2.24, 2.45) is 0 Å². The van der Waals surface area contributed by atoms with Crippen molar-refractivity contribution < 1.29 is 9.90 Å². The Hall–Kier alpha value is -1.56. The first-order valence-electron chi connectivity index (χ1n) is 3.64. The lowest BCUT2D eigenvalue weighted by Crippen LogP contribution is -2.37. The Kier molecular flexibility index (Phi) is 2.76. The van der Waals surface area contributed by atoms with Crippen molar-refractivity contribution >= 4 is 17.7 Å². The van der Waals surface area contributed by atoms with E-state index in [0.717, 1.165) is 10.8 Å². The van der Waals surface area contributed by atoms with E-state index in [-0.39, 0.29) is 5.56 Å². The first-order valence-corrected chi connectivity index (χ1v) is 3.98. The van der Waals surface area contributed by atoms with Crippen LogP contribution in [0, 0.1) is 6.92 Å². The second kappa shape index (κ2) is 3.67. The summed E-state index contributed by atoms with van der Waals surface area (Å²) >= 11 is 5.35. The molecule has 76 valence electrons. The quantitative estimate of drug-likeness (QED) is 0.719. The van der Waals surface area contributed by atoms with Crippen LogP contribution in [0.3, 0.4) is 0 Å². The number of carboxylic acid groups (broad SMARTS) is 1. The number of rotatable bonds is 2. The zero-order valence-corrected chi connectivity index (χ0v) is 7.98. The number of hydrogen-bond donors (Lipinski definition) is 1. The molecule has 0 amide bonds. The molecule has 0 atom stereocenters. The zero-order chi connectivity index (χ0) is 10.9. The SMILES string of the molecule is Cc1cn(CC(=O)O)c(=O)n(Cl)c1=O. The molecule has 0 unspecified atom stereocenters. The van der Waals surface area contributed by atoms with Crippen molar-refractivity contribution in [2.75, 3.05) is 0 Å². The lowest BCUT2D eigenvalue weighted by atomic mass is 10.4. The maximum atomic E-state index is 11.2. The molecule has 1 aromatic heterocycles. The van der Waals surface area contributed by atoms with Crippen molar-refractivity contribution in [2.45, 2.75) is 13.5 Å². The fourth-order valence-corrected chi connectivity index (χ4v) is 1.19. The summed E-state index contributed by atoms with van der Waals surface area (Å²) in [6, 6.07) is 0. The van der Waals surface area contributed by atoms with Gasteiger partial charge in [-0.25, -0.2) is 4.79 Å². The highest BCUT2D eigenvalue weighted by Gasteiger charge is 2.08. The molecule has 1 aromatic rings. The number of aryl methyl sites for hydroxylation is 1. The summed E-state index contributed by atoms with van der Waals surface area (Å²) in [4.78, 5) is 32.6. The molecule has 0 aliphatic heterocycles. The molecule has 6 nitrogen and oxygen atoms in total. The van der Waals surface area contributed by atoms with E-state index in [1.165, 1.54) is 6.92 Å². The fourth-order valence-electron chi connectivity index (χ4n) is 0.958. The Morgan fingerprint density at radius 3 is 2.64 bits per heavy atom. The number of aliphatic carboxylic acids is 1. The van der Waals surface area contributed by atoms with Gasteiger partial charge in [0, 0.05) is 23.5 Å². The van der Waals surface area contributed by atoms with E-state index in [1.54, 1.807) is 0 Å². The van der Waals surface area contributed by atoms with Crippen molar-refractivity contribution in [3.05, 3.63) is 32.6 Å². The molecule has 0 radical (unpaired) electrons. The highest BCUT2D eigenvalue weighted by Crippen LogP contribution is 1.87. The standard InChI is InChI=1S/C7H7ClN2O4/c1-4-2-9(3-5(11)12)7(14)10(8)6(4)13/h2H,3H2,1H3,(H,11,12). The van der Waals surface area contributed by atoms with Crippen molar-refractivity contribution in [1.29, 1.82) is 0 Å². The maximum Gasteiger partial charge on any atom is 0.346 e.